The average molecular weight is 336 g/mol. The molecule has 0 aliphatic heterocycles. The van der Waals surface area contributed by atoms with Crippen LogP contribution < -0.4 is 10.6 Å². The Labute approximate surface area is 146 Å². The molecular formula is C18H20N6O. The molecule has 25 heavy (non-hydrogen) atoms. The molecule has 0 aliphatic carbocycles. The summed E-state index contributed by atoms with van der Waals surface area (Å²) in [4.78, 5) is 20.0. The van der Waals surface area contributed by atoms with E-state index in [1.165, 1.54) is 6.33 Å². The van der Waals surface area contributed by atoms with Crippen LogP contribution in [-0.2, 0) is 0 Å². The van der Waals surface area contributed by atoms with Gasteiger partial charge < -0.3 is 10.6 Å². The van der Waals surface area contributed by atoms with Gasteiger partial charge in [-0.15, -0.1) is 0 Å². The molecule has 1 amide bonds. The molecule has 2 heterocycles. The lowest BCUT2D eigenvalue weighted by Crippen LogP contribution is -2.22. The van der Waals surface area contributed by atoms with Crippen molar-refractivity contribution in [3.63, 3.8) is 0 Å². The van der Waals surface area contributed by atoms with Crippen LogP contribution in [0.1, 0.15) is 35.8 Å². The van der Waals surface area contributed by atoms with Gasteiger partial charge in [0.15, 0.2) is 0 Å². The molecule has 0 saturated carbocycles. The second-order valence-electron chi connectivity index (χ2n) is 5.59. The van der Waals surface area contributed by atoms with E-state index in [0.717, 1.165) is 17.1 Å². The van der Waals surface area contributed by atoms with Crippen LogP contribution in [-0.4, -0.2) is 32.2 Å². The number of carbonyl (C=O) groups excluding carboxylic acids is 1. The molecule has 7 heteroatoms. The predicted molar refractivity (Wildman–Crippen MR) is 95.6 cm³/mol. The van der Waals surface area contributed by atoms with Gasteiger partial charge in [0.2, 0.25) is 0 Å². The van der Waals surface area contributed by atoms with Gasteiger partial charge in [0.1, 0.15) is 18.5 Å². The summed E-state index contributed by atoms with van der Waals surface area (Å²) >= 11 is 0. The number of hydrogen-bond acceptors (Lipinski definition) is 5. The summed E-state index contributed by atoms with van der Waals surface area (Å²) in [7, 11) is 0. The van der Waals surface area contributed by atoms with E-state index in [2.05, 4.69) is 32.6 Å². The zero-order valence-electron chi connectivity index (χ0n) is 14.2. The molecule has 0 fully saturated rings. The molecule has 3 aromatic rings. The number of pyridine rings is 1. The maximum atomic E-state index is 11.7. The molecular weight excluding hydrogens is 316 g/mol. The van der Waals surface area contributed by atoms with Gasteiger partial charge in [-0.05, 0) is 43.7 Å². The number of aromatic nitrogens is 4. The van der Waals surface area contributed by atoms with Crippen LogP contribution in [0, 0.1) is 0 Å². The van der Waals surface area contributed by atoms with E-state index >= 15 is 0 Å². The summed E-state index contributed by atoms with van der Waals surface area (Å²) in [6, 6.07) is 11.7. The predicted octanol–water partition coefficient (Wildman–Crippen LogP) is 2.59. The highest BCUT2D eigenvalue weighted by molar-refractivity contribution is 5.93. The number of carbonyl (C=O) groups is 1. The van der Waals surface area contributed by atoms with Crippen molar-refractivity contribution in [2.45, 2.75) is 19.9 Å². The van der Waals surface area contributed by atoms with E-state index in [1.807, 2.05) is 37.3 Å². The van der Waals surface area contributed by atoms with Crippen LogP contribution in [0.5, 0.6) is 0 Å². The van der Waals surface area contributed by atoms with Crippen molar-refractivity contribution in [3.05, 3.63) is 66.4 Å². The molecule has 0 saturated heterocycles. The molecule has 1 aromatic carbocycles. The SMILES string of the molecule is CCNC(=O)c1ccc(N[C@H](C)c2ccc(-n3cncn3)cc2)nc1. The second kappa shape index (κ2) is 7.57. The summed E-state index contributed by atoms with van der Waals surface area (Å²) in [6.45, 7) is 4.54. The average Bonchev–Trinajstić information content (AvgIpc) is 3.17. The van der Waals surface area contributed by atoms with Crippen molar-refractivity contribution >= 4 is 11.7 Å². The van der Waals surface area contributed by atoms with Gasteiger partial charge in [0.25, 0.3) is 5.91 Å². The molecule has 1 atom stereocenters. The fourth-order valence-corrected chi connectivity index (χ4v) is 2.44. The maximum Gasteiger partial charge on any atom is 0.252 e. The second-order valence-corrected chi connectivity index (χ2v) is 5.59. The Kier molecular flexibility index (Phi) is 5.03. The van der Waals surface area contributed by atoms with E-state index < -0.39 is 0 Å². The van der Waals surface area contributed by atoms with Gasteiger partial charge in [-0.1, -0.05) is 12.1 Å². The molecule has 2 N–H and O–H groups in total. The van der Waals surface area contributed by atoms with Gasteiger partial charge in [-0.25, -0.2) is 14.6 Å². The lowest BCUT2D eigenvalue weighted by Gasteiger charge is -2.15. The Hall–Kier alpha value is -3.22. The van der Waals surface area contributed by atoms with Crippen LogP contribution in [0.15, 0.2) is 55.2 Å². The maximum absolute atomic E-state index is 11.7. The van der Waals surface area contributed by atoms with E-state index in [-0.39, 0.29) is 11.9 Å². The molecule has 2 aromatic heterocycles. The highest BCUT2D eigenvalue weighted by atomic mass is 16.1. The highest BCUT2D eigenvalue weighted by Crippen LogP contribution is 2.19. The normalized spacial score (nSPS) is 11.8. The third kappa shape index (κ3) is 4.00. The zero-order valence-corrected chi connectivity index (χ0v) is 14.2. The third-order valence-corrected chi connectivity index (χ3v) is 3.80. The first kappa shape index (κ1) is 16.6. The standard InChI is InChI=1S/C18H20N6O/c1-3-20-18(25)15-6-9-17(21-10-15)23-13(2)14-4-7-16(8-5-14)24-12-19-11-22-24/h4-13H,3H2,1-2H3,(H,20,25)(H,21,23)/t13-/m1/s1. The minimum Gasteiger partial charge on any atom is -0.364 e. The largest absolute Gasteiger partial charge is 0.364 e. The number of nitrogens with zero attached hydrogens (tertiary/aromatic N) is 4. The Morgan fingerprint density at radius 1 is 1.20 bits per heavy atom. The molecule has 0 unspecified atom stereocenters. The molecule has 0 spiro atoms. The molecule has 0 bridgehead atoms. The van der Waals surface area contributed by atoms with Crippen molar-refractivity contribution in [2.75, 3.05) is 11.9 Å². The highest BCUT2D eigenvalue weighted by Gasteiger charge is 2.08. The Bertz CT molecular complexity index is 812. The van der Waals surface area contributed by atoms with Crippen molar-refractivity contribution in [1.82, 2.24) is 25.1 Å². The number of benzene rings is 1. The quantitative estimate of drug-likeness (QED) is 0.723. The summed E-state index contributed by atoms with van der Waals surface area (Å²) in [6.07, 6.45) is 4.75. The molecule has 7 nitrogen and oxygen atoms in total. The molecule has 128 valence electrons. The van der Waals surface area contributed by atoms with Crippen molar-refractivity contribution < 1.29 is 4.79 Å². The van der Waals surface area contributed by atoms with Crippen LogP contribution in [0.25, 0.3) is 5.69 Å². The number of rotatable bonds is 6. The van der Waals surface area contributed by atoms with E-state index in [0.29, 0.717) is 12.1 Å². The smallest absolute Gasteiger partial charge is 0.252 e. The van der Waals surface area contributed by atoms with Gasteiger partial charge in [0, 0.05) is 18.8 Å². The van der Waals surface area contributed by atoms with Gasteiger partial charge >= 0.3 is 0 Å². The Morgan fingerprint density at radius 3 is 2.60 bits per heavy atom. The molecule has 0 aliphatic rings. The van der Waals surface area contributed by atoms with Crippen LogP contribution in [0.2, 0.25) is 0 Å². The number of hydrogen-bond donors (Lipinski definition) is 2. The number of nitrogens with one attached hydrogen (secondary N) is 2. The topological polar surface area (TPSA) is 84.7 Å². The first-order valence-corrected chi connectivity index (χ1v) is 8.13. The lowest BCUT2D eigenvalue weighted by atomic mass is 10.1. The summed E-state index contributed by atoms with van der Waals surface area (Å²) in [5, 5.41) is 10.2. The van der Waals surface area contributed by atoms with Crippen molar-refractivity contribution in [2.24, 2.45) is 0 Å². The summed E-state index contributed by atoms with van der Waals surface area (Å²) in [5.74, 6) is 0.610. The fraction of sp³-hybridized carbons (Fsp3) is 0.222. The molecule has 3 rings (SSSR count). The lowest BCUT2D eigenvalue weighted by molar-refractivity contribution is 0.0955. The third-order valence-electron chi connectivity index (χ3n) is 3.80. The van der Waals surface area contributed by atoms with Gasteiger partial charge in [-0.3, -0.25) is 4.79 Å². The van der Waals surface area contributed by atoms with Crippen LogP contribution >= 0.6 is 0 Å². The summed E-state index contributed by atoms with van der Waals surface area (Å²) in [5.41, 5.74) is 2.63. The van der Waals surface area contributed by atoms with Gasteiger partial charge in [0.05, 0.1) is 11.3 Å². The Morgan fingerprint density at radius 2 is 2.00 bits per heavy atom. The van der Waals surface area contributed by atoms with Crippen molar-refractivity contribution in [1.29, 1.82) is 0 Å². The monoisotopic (exact) mass is 336 g/mol. The minimum absolute atomic E-state index is 0.0765. The van der Waals surface area contributed by atoms with Crippen LogP contribution in [0.4, 0.5) is 5.82 Å². The van der Waals surface area contributed by atoms with E-state index in [4.69, 9.17) is 0 Å². The first-order chi connectivity index (χ1) is 12.2. The van der Waals surface area contributed by atoms with Crippen LogP contribution in [0.3, 0.4) is 0 Å². The molecule has 0 radical (unpaired) electrons. The Balaban J connectivity index is 1.65. The number of anilines is 1. The van der Waals surface area contributed by atoms with E-state index in [9.17, 15) is 4.79 Å². The summed E-state index contributed by atoms with van der Waals surface area (Å²) < 4.78 is 1.71. The number of amides is 1. The van der Waals surface area contributed by atoms with Crippen molar-refractivity contribution in [3.8, 4) is 5.69 Å². The minimum atomic E-state index is -0.113. The van der Waals surface area contributed by atoms with Gasteiger partial charge in [-0.2, -0.15) is 5.10 Å². The fourth-order valence-electron chi connectivity index (χ4n) is 2.44. The van der Waals surface area contributed by atoms with E-state index in [1.54, 1.807) is 23.3 Å². The first-order valence-electron chi connectivity index (χ1n) is 8.13. The zero-order chi connectivity index (χ0) is 17.6.